The summed E-state index contributed by atoms with van der Waals surface area (Å²) in [6.45, 7) is 3.78. The molecule has 6 heteroatoms. The molecule has 0 aliphatic heterocycles. The minimum atomic E-state index is -0.366. The summed E-state index contributed by atoms with van der Waals surface area (Å²) in [4.78, 5) is 13.1. The van der Waals surface area contributed by atoms with Gasteiger partial charge < -0.3 is 9.84 Å². The van der Waals surface area contributed by atoms with Crippen molar-refractivity contribution in [3.05, 3.63) is 53.6 Å². The van der Waals surface area contributed by atoms with Crippen LogP contribution < -0.4 is 0 Å². The smallest absolute Gasteiger partial charge is 0.333 e. The molecule has 0 saturated carbocycles. The molecule has 1 heterocycles. The van der Waals surface area contributed by atoms with Gasteiger partial charge in [-0.1, -0.05) is 18.2 Å². The van der Waals surface area contributed by atoms with Crippen LogP contribution in [0.3, 0.4) is 0 Å². The highest BCUT2D eigenvalue weighted by Crippen LogP contribution is 2.24. The molecule has 24 heavy (non-hydrogen) atoms. The van der Waals surface area contributed by atoms with Gasteiger partial charge in [-0.15, -0.1) is 15.0 Å². The van der Waals surface area contributed by atoms with Gasteiger partial charge in [0.2, 0.25) is 0 Å². The van der Waals surface area contributed by atoms with Crippen LogP contribution in [0.1, 0.15) is 19.4 Å². The lowest BCUT2D eigenvalue weighted by atomic mass is 10.1. The first-order chi connectivity index (χ1) is 11.6. The zero-order valence-electron chi connectivity index (χ0n) is 13.4. The van der Waals surface area contributed by atoms with Gasteiger partial charge in [0.25, 0.3) is 0 Å². The van der Waals surface area contributed by atoms with E-state index in [2.05, 4.69) is 10.2 Å². The quantitative estimate of drug-likeness (QED) is 0.590. The molecule has 0 saturated heterocycles. The van der Waals surface area contributed by atoms with E-state index >= 15 is 0 Å². The van der Waals surface area contributed by atoms with Crippen molar-refractivity contribution in [3.63, 3.8) is 0 Å². The SMILES string of the molecule is CCOC(=O)C(C)=Cc1ccc(O)c(-n2nc3ccccc3n2)c1. The van der Waals surface area contributed by atoms with Crippen molar-refractivity contribution < 1.29 is 14.6 Å². The third-order valence-electron chi connectivity index (χ3n) is 3.48. The van der Waals surface area contributed by atoms with Crippen molar-refractivity contribution in [2.45, 2.75) is 13.8 Å². The molecule has 3 aromatic rings. The van der Waals surface area contributed by atoms with Crippen LogP contribution in [0.15, 0.2) is 48.0 Å². The molecule has 3 rings (SSSR count). The molecule has 0 fully saturated rings. The molecule has 0 aliphatic carbocycles. The van der Waals surface area contributed by atoms with Crippen LogP contribution in [-0.2, 0) is 9.53 Å². The molecule has 122 valence electrons. The van der Waals surface area contributed by atoms with E-state index in [1.807, 2.05) is 24.3 Å². The summed E-state index contributed by atoms with van der Waals surface area (Å²) in [7, 11) is 0. The molecule has 0 aliphatic rings. The van der Waals surface area contributed by atoms with Crippen LogP contribution in [0, 0.1) is 0 Å². The number of phenolic OH excluding ortho intramolecular Hbond substituents is 1. The standard InChI is InChI=1S/C18H17N3O3/c1-3-24-18(23)12(2)10-13-8-9-17(22)16(11-13)21-19-14-6-4-5-7-15(14)20-21/h4-11,22H,3H2,1-2H3. The lowest BCUT2D eigenvalue weighted by molar-refractivity contribution is -0.138. The van der Waals surface area contributed by atoms with Crippen LogP contribution in [-0.4, -0.2) is 32.7 Å². The maximum atomic E-state index is 11.7. The Morgan fingerprint density at radius 3 is 2.50 bits per heavy atom. The molecular weight excluding hydrogens is 306 g/mol. The average molecular weight is 323 g/mol. The molecule has 6 nitrogen and oxygen atoms in total. The van der Waals surface area contributed by atoms with E-state index in [4.69, 9.17) is 4.74 Å². The number of aromatic nitrogens is 3. The molecule has 0 atom stereocenters. The predicted molar refractivity (Wildman–Crippen MR) is 90.8 cm³/mol. The van der Waals surface area contributed by atoms with E-state index in [0.29, 0.717) is 17.9 Å². The first kappa shape index (κ1) is 15.7. The predicted octanol–water partition coefficient (Wildman–Crippen LogP) is 3.09. The van der Waals surface area contributed by atoms with Gasteiger partial charge in [0.05, 0.1) is 6.61 Å². The molecule has 0 amide bonds. The van der Waals surface area contributed by atoms with Crippen LogP contribution in [0.2, 0.25) is 0 Å². The van der Waals surface area contributed by atoms with E-state index in [-0.39, 0.29) is 11.7 Å². The fourth-order valence-corrected chi connectivity index (χ4v) is 2.31. The van der Waals surface area contributed by atoms with Crippen molar-refractivity contribution in [1.82, 2.24) is 15.0 Å². The molecule has 0 spiro atoms. The van der Waals surface area contributed by atoms with Gasteiger partial charge in [-0.05, 0) is 49.8 Å². The number of aromatic hydroxyl groups is 1. The molecule has 0 unspecified atom stereocenters. The molecule has 0 radical (unpaired) electrons. The summed E-state index contributed by atoms with van der Waals surface area (Å²) in [5.74, 6) is -0.309. The Kier molecular flexibility index (Phi) is 4.29. The van der Waals surface area contributed by atoms with Crippen LogP contribution >= 0.6 is 0 Å². The van der Waals surface area contributed by atoms with Crippen molar-refractivity contribution in [2.24, 2.45) is 0 Å². The van der Waals surface area contributed by atoms with E-state index in [1.54, 1.807) is 38.1 Å². The summed E-state index contributed by atoms with van der Waals surface area (Å²) in [5, 5.41) is 18.9. The number of carbonyl (C=O) groups is 1. The first-order valence-electron chi connectivity index (χ1n) is 7.59. The molecule has 2 aromatic carbocycles. The topological polar surface area (TPSA) is 77.2 Å². The van der Waals surface area contributed by atoms with Gasteiger partial charge in [0.15, 0.2) is 0 Å². The third-order valence-corrected chi connectivity index (χ3v) is 3.48. The monoisotopic (exact) mass is 323 g/mol. The Morgan fingerprint density at radius 2 is 1.88 bits per heavy atom. The van der Waals surface area contributed by atoms with Crippen molar-refractivity contribution in [2.75, 3.05) is 6.61 Å². The molecule has 1 N–H and O–H groups in total. The zero-order chi connectivity index (χ0) is 17.1. The largest absolute Gasteiger partial charge is 0.506 e. The highest BCUT2D eigenvalue weighted by atomic mass is 16.5. The number of rotatable bonds is 4. The second-order valence-corrected chi connectivity index (χ2v) is 5.27. The van der Waals surface area contributed by atoms with Gasteiger partial charge in [0.1, 0.15) is 22.5 Å². The summed E-state index contributed by atoms with van der Waals surface area (Å²) in [5.41, 5.74) is 3.14. The maximum absolute atomic E-state index is 11.7. The van der Waals surface area contributed by atoms with Crippen molar-refractivity contribution >= 4 is 23.1 Å². The summed E-state index contributed by atoms with van der Waals surface area (Å²) < 4.78 is 4.97. The lowest BCUT2D eigenvalue weighted by Gasteiger charge is -2.06. The lowest BCUT2D eigenvalue weighted by Crippen LogP contribution is -2.05. The fourth-order valence-electron chi connectivity index (χ4n) is 2.31. The Labute approximate surface area is 139 Å². The number of esters is 1. The Bertz CT molecular complexity index is 895. The first-order valence-corrected chi connectivity index (χ1v) is 7.59. The van der Waals surface area contributed by atoms with Gasteiger partial charge in [-0.3, -0.25) is 0 Å². The second kappa shape index (κ2) is 6.54. The van der Waals surface area contributed by atoms with Crippen molar-refractivity contribution in [1.29, 1.82) is 0 Å². The minimum absolute atomic E-state index is 0.0567. The third kappa shape index (κ3) is 3.12. The average Bonchev–Trinajstić information content (AvgIpc) is 3.00. The van der Waals surface area contributed by atoms with Crippen LogP contribution in [0.25, 0.3) is 22.8 Å². The van der Waals surface area contributed by atoms with Gasteiger partial charge in [0, 0.05) is 5.57 Å². The van der Waals surface area contributed by atoms with Gasteiger partial charge >= 0.3 is 5.97 Å². The number of hydrogen-bond donors (Lipinski definition) is 1. The maximum Gasteiger partial charge on any atom is 0.333 e. The summed E-state index contributed by atoms with van der Waals surface area (Å²) >= 11 is 0. The van der Waals surface area contributed by atoms with Crippen LogP contribution in [0.4, 0.5) is 0 Å². The number of hydrogen-bond acceptors (Lipinski definition) is 5. The van der Waals surface area contributed by atoms with E-state index in [9.17, 15) is 9.90 Å². The minimum Gasteiger partial charge on any atom is -0.506 e. The fraction of sp³-hybridized carbons (Fsp3) is 0.167. The summed E-state index contributed by atoms with van der Waals surface area (Å²) in [6, 6.07) is 12.4. The number of benzene rings is 2. The Hall–Kier alpha value is -3.15. The molecule has 0 bridgehead atoms. The zero-order valence-corrected chi connectivity index (χ0v) is 13.4. The highest BCUT2D eigenvalue weighted by molar-refractivity contribution is 5.93. The number of fused-ring (bicyclic) bond motifs is 1. The highest BCUT2D eigenvalue weighted by Gasteiger charge is 2.10. The Balaban J connectivity index is 2.00. The molecular formula is C18H17N3O3. The normalized spacial score (nSPS) is 11.7. The summed E-state index contributed by atoms with van der Waals surface area (Å²) in [6.07, 6.45) is 1.70. The Morgan fingerprint density at radius 1 is 1.21 bits per heavy atom. The van der Waals surface area contributed by atoms with Gasteiger partial charge in [-0.25, -0.2) is 4.79 Å². The van der Waals surface area contributed by atoms with E-state index in [1.165, 1.54) is 4.80 Å². The van der Waals surface area contributed by atoms with E-state index < -0.39 is 0 Å². The number of phenols is 1. The van der Waals surface area contributed by atoms with Crippen molar-refractivity contribution in [3.8, 4) is 11.4 Å². The second-order valence-electron chi connectivity index (χ2n) is 5.27. The van der Waals surface area contributed by atoms with Crippen LogP contribution in [0.5, 0.6) is 5.75 Å². The number of nitrogens with zero attached hydrogens (tertiary/aromatic N) is 3. The van der Waals surface area contributed by atoms with E-state index in [0.717, 1.165) is 16.6 Å². The van der Waals surface area contributed by atoms with Gasteiger partial charge in [-0.2, -0.15) is 0 Å². The molecule has 1 aromatic heterocycles. The number of ether oxygens (including phenoxy) is 1. The number of carbonyl (C=O) groups excluding carboxylic acids is 1.